The molecule has 0 atom stereocenters. The summed E-state index contributed by atoms with van der Waals surface area (Å²) in [6.07, 6.45) is 0. The van der Waals surface area contributed by atoms with E-state index in [1.807, 2.05) is 0 Å². The molecule has 0 fully saturated rings. The quantitative estimate of drug-likeness (QED) is 0.814. The van der Waals surface area contributed by atoms with Gasteiger partial charge in [-0.3, -0.25) is 0 Å². The van der Waals surface area contributed by atoms with Gasteiger partial charge < -0.3 is 4.72 Å². The number of benzene rings is 1. The second kappa shape index (κ2) is 4.97. The Morgan fingerprint density at radius 3 is 2.29 bits per heavy atom. The zero-order chi connectivity index (χ0) is 12.5. The van der Waals surface area contributed by atoms with E-state index in [1.54, 1.807) is 24.3 Å². The summed E-state index contributed by atoms with van der Waals surface area (Å²) in [5, 5.41) is 0. The summed E-state index contributed by atoms with van der Waals surface area (Å²) in [4.78, 5) is 0. The molecule has 0 saturated carbocycles. The van der Waals surface area contributed by atoms with E-state index in [0.717, 1.165) is 15.8 Å². The summed E-state index contributed by atoms with van der Waals surface area (Å²) in [6.45, 7) is 0. The molecular weight excluding hydrogens is 346 g/mol. The maximum Gasteiger partial charge on any atom is 0.132 e. The van der Waals surface area contributed by atoms with Gasteiger partial charge in [0, 0.05) is 4.47 Å². The normalized spacial score (nSPS) is 11.4. The molecule has 0 aliphatic rings. The van der Waals surface area contributed by atoms with Crippen LogP contribution in [0.5, 0.6) is 0 Å². The van der Waals surface area contributed by atoms with Gasteiger partial charge in [-0.1, -0.05) is 39.7 Å². The lowest BCUT2D eigenvalue weighted by atomic mass is 10.3. The van der Waals surface area contributed by atoms with Crippen molar-refractivity contribution in [2.45, 2.75) is 4.21 Å². The fourth-order valence-electron chi connectivity index (χ4n) is 1.12. The van der Waals surface area contributed by atoms with Gasteiger partial charge in [0.25, 0.3) is 0 Å². The van der Waals surface area contributed by atoms with Gasteiger partial charge >= 0.3 is 0 Å². The zero-order valence-corrected chi connectivity index (χ0v) is 12.3. The molecule has 2 rings (SSSR count). The van der Waals surface area contributed by atoms with Gasteiger partial charge in [0.05, 0.1) is 4.34 Å². The van der Waals surface area contributed by atoms with E-state index in [2.05, 4.69) is 20.7 Å². The van der Waals surface area contributed by atoms with Crippen molar-refractivity contribution in [2.75, 3.05) is 0 Å². The molecule has 0 bridgehead atoms. The first-order valence-corrected chi connectivity index (χ1v) is 7.89. The number of thiophene rings is 1. The van der Waals surface area contributed by atoms with E-state index in [4.69, 9.17) is 11.6 Å². The van der Waals surface area contributed by atoms with E-state index in [9.17, 15) is 8.42 Å². The SMILES string of the molecule is O=S(=O)([N-]c1ccc(Br)cc1)c1ccc(Cl)s1. The van der Waals surface area contributed by atoms with Crippen molar-refractivity contribution in [3.63, 3.8) is 0 Å². The van der Waals surface area contributed by atoms with E-state index in [1.165, 1.54) is 12.1 Å². The second-order valence-corrected chi connectivity index (χ2v) is 7.56. The topological polar surface area (TPSA) is 48.2 Å². The molecule has 0 unspecified atom stereocenters. The maximum atomic E-state index is 11.9. The van der Waals surface area contributed by atoms with Crippen LogP contribution < -0.4 is 0 Å². The lowest BCUT2D eigenvalue weighted by Gasteiger charge is -2.20. The van der Waals surface area contributed by atoms with Crippen LogP contribution >= 0.6 is 38.9 Å². The minimum Gasteiger partial charge on any atom is -0.572 e. The highest BCUT2D eigenvalue weighted by Gasteiger charge is 2.07. The molecule has 17 heavy (non-hydrogen) atoms. The fraction of sp³-hybridized carbons (Fsp3) is 0. The molecule has 90 valence electrons. The van der Waals surface area contributed by atoms with Crippen LogP contribution in [-0.4, -0.2) is 8.42 Å². The Hall–Kier alpha value is -0.560. The van der Waals surface area contributed by atoms with Gasteiger partial charge in [0.2, 0.25) is 0 Å². The molecule has 0 aliphatic carbocycles. The molecule has 0 radical (unpaired) electrons. The summed E-state index contributed by atoms with van der Waals surface area (Å²) >= 11 is 9.95. The molecule has 0 spiro atoms. The van der Waals surface area contributed by atoms with Gasteiger partial charge in [-0.2, -0.15) is 0 Å². The number of hydrogen-bond acceptors (Lipinski definition) is 3. The minimum atomic E-state index is -3.66. The van der Waals surface area contributed by atoms with Crippen LogP contribution in [0.3, 0.4) is 0 Å². The molecule has 7 heteroatoms. The van der Waals surface area contributed by atoms with Crippen molar-refractivity contribution in [1.82, 2.24) is 0 Å². The monoisotopic (exact) mass is 350 g/mol. The van der Waals surface area contributed by atoms with Crippen molar-refractivity contribution in [2.24, 2.45) is 0 Å². The highest BCUT2D eigenvalue weighted by molar-refractivity contribution is 9.10. The largest absolute Gasteiger partial charge is 0.572 e. The predicted molar refractivity (Wildman–Crippen MR) is 73.7 cm³/mol. The Bertz CT molecular complexity index is 622. The van der Waals surface area contributed by atoms with Crippen LogP contribution in [0.2, 0.25) is 4.34 Å². The number of rotatable bonds is 3. The van der Waals surface area contributed by atoms with Gasteiger partial charge in [-0.05, 0) is 24.3 Å². The molecule has 1 aromatic carbocycles. The molecule has 1 heterocycles. The third-order valence-corrected chi connectivity index (χ3v) is 5.39. The average Bonchev–Trinajstić information content (AvgIpc) is 2.69. The first-order chi connectivity index (χ1) is 7.97. The van der Waals surface area contributed by atoms with Crippen LogP contribution in [0.1, 0.15) is 0 Å². The van der Waals surface area contributed by atoms with E-state index in [0.29, 0.717) is 10.0 Å². The Labute approximate surface area is 117 Å². The number of nitrogens with zero attached hydrogens (tertiary/aromatic N) is 1. The van der Waals surface area contributed by atoms with Crippen LogP contribution in [0.15, 0.2) is 45.1 Å². The molecule has 1 aromatic heterocycles. The van der Waals surface area contributed by atoms with E-state index < -0.39 is 10.0 Å². The van der Waals surface area contributed by atoms with Crippen molar-refractivity contribution in [3.8, 4) is 0 Å². The Balaban J connectivity index is 2.26. The predicted octanol–water partition coefficient (Wildman–Crippen LogP) is 4.56. The lowest BCUT2D eigenvalue weighted by molar-refractivity contribution is 0.605. The Kier molecular flexibility index (Phi) is 3.77. The molecule has 0 N–H and O–H groups in total. The second-order valence-electron chi connectivity index (χ2n) is 3.10. The first kappa shape index (κ1) is 12.9. The van der Waals surface area contributed by atoms with Gasteiger partial charge in [-0.15, -0.1) is 17.0 Å². The standard InChI is InChI=1S/C10H6BrClNO2S2/c11-7-1-3-8(4-2-7)13-17(14,15)10-6-5-9(12)16-10/h1-6H/q-1. The van der Waals surface area contributed by atoms with Crippen molar-refractivity contribution in [3.05, 3.63) is 49.9 Å². The molecule has 0 aliphatic heterocycles. The smallest absolute Gasteiger partial charge is 0.132 e. The minimum absolute atomic E-state index is 0.144. The van der Waals surface area contributed by atoms with Crippen LogP contribution in [0.25, 0.3) is 4.72 Å². The van der Waals surface area contributed by atoms with Crippen LogP contribution in [-0.2, 0) is 10.0 Å². The van der Waals surface area contributed by atoms with Crippen molar-refractivity contribution in [1.29, 1.82) is 0 Å². The average molecular weight is 352 g/mol. The lowest BCUT2D eigenvalue weighted by Crippen LogP contribution is -1.93. The van der Waals surface area contributed by atoms with Gasteiger partial charge in [0.15, 0.2) is 0 Å². The van der Waals surface area contributed by atoms with Gasteiger partial charge in [0.1, 0.15) is 14.2 Å². The van der Waals surface area contributed by atoms with Crippen molar-refractivity contribution < 1.29 is 8.42 Å². The summed E-state index contributed by atoms with van der Waals surface area (Å²) in [7, 11) is -3.66. The first-order valence-electron chi connectivity index (χ1n) is 4.46. The van der Waals surface area contributed by atoms with E-state index >= 15 is 0 Å². The Morgan fingerprint density at radius 1 is 1.12 bits per heavy atom. The molecule has 0 saturated heterocycles. The fourth-order valence-corrected chi connectivity index (χ4v) is 3.83. The third-order valence-electron chi connectivity index (χ3n) is 1.85. The summed E-state index contributed by atoms with van der Waals surface area (Å²) < 4.78 is 28.9. The summed E-state index contributed by atoms with van der Waals surface area (Å²) in [6, 6.07) is 9.69. The molecular formula is C10H6BrClNO2S2-. The third kappa shape index (κ3) is 3.22. The highest BCUT2D eigenvalue weighted by Crippen LogP contribution is 2.33. The maximum absolute atomic E-state index is 11.9. The number of hydrogen-bond donors (Lipinski definition) is 0. The molecule has 3 nitrogen and oxygen atoms in total. The summed E-state index contributed by atoms with van der Waals surface area (Å²) in [5.41, 5.74) is 0.387. The summed E-state index contributed by atoms with van der Waals surface area (Å²) in [5.74, 6) is 0. The van der Waals surface area contributed by atoms with Gasteiger partial charge in [-0.25, -0.2) is 8.42 Å². The zero-order valence-electron chi connectivity index (χ0n) is 8.30. The molecule has 2 aromatic rings. The van der Waals surface area contributed by atoms with E-state index in [-0.39, 0.29) is 4.21 Å². The Morgan fingerprint density at radius 2 is 1.76 bits per heavy atom. The van der Waals surface area contributed by atoms with Crippen LogP contribution in [0.4, 0.5) is 5.69 Å². The molecule has 0 amide bonds. The number of halogens is 2. The van der Waals surface area contributed by atoms with Crippen LogP contribution in [0, 0.1) is 0 Å². The number of sulfonamides is 1. The van der Waals surface area contributed by atoms with Crippen molar-refractivity contribution >= 4 is 54.6 Å². The highest BCUT2D eigenvalue weighted by atomic mass is 79.9.